The van der Waals surface area contributed by atoms with Crippen LogP contribution in [-0.2, 0) is 6.61 Å². The SMILES string of the molecule is O=C(Nc1ccccc1C(=O)NN=Cc1ccc(OCc2ccccc2)cc1)c1ccccc1Br. The van der Waals surface area contributed by atoms with Crippen molar-refractivity contribution in [2.24, 2.45) is 5.10 Å². The average Bonchev–Trinajstić information content (AvgIpc) is 2.89. The number of anilines is 1. The van der Waals surface area contributed by atoms with Crippen molar-refractivity contribution in [3.8, 4) is 5.75 Å². The van der Waals surface area contributed by atoms with Crippen molar-refractivity contribution in [2.75, 3.05) is 5.32 Å². The van der Waals surface area contributed by atoms with Gasteiger partial charge in [0.15, 0.2) is 0 Å². The molecule has 0 aliphatic heterocycles. The number of nitrogens with zero attached hydrogens (tertiary/aromatic N) is 1. The molecule has 7 heteroatoms. The maximum Gasteiger partial charge on any atom is 0.273 e. The second-order valence-corrected chi connectivity index (χ2v) is 8.38. The van der Waals surface area contributed by atoms with Crippen LogP contribution < -0.4 is 15.5 Å². The van der Waals surface area contributed by atoms with Crippen molar-refractivity contribution >= 4 is 39.6 Å². The number of nitrogens with one attached hydrogen (secondary N) is 2. The van der Waals surface area contributed by atoms with Crippen molar-refractivity contribution in [1.29, 1.82) is 0 Å². The molecule has 4 rings (SSSR count). The Morgan fingerprint density at radius 2 is 1.43 bits per heavy atom. The van der Waals surface area contributed by atoms with Crippen molar-refractivity contribution in [3.05, 3.63) is 130 Å². The number of hydrogen-bond donors (Lipinski definition) is 2. The molecule has 0 aromatic heterocycles. The summed E-state index contributed by atoms with van der Waals surface area (Å²) in [4.78, 5) is 25.4. The summed E-state index contributed by atoms with van der Waals surface area (Å²) < 4.78 is 6.45. The maximum atomic E-state index is 12.7. The Morgan fingerprint density at radius 3 is 2.17 bits per heavy atom. The number of benzene rings is 4. The summed E-state index contributed by atoms with van der Waals surface area (Å²) in [6.07, 6.45) is 1.54. The van der Waals surface area contributed by atoms with E-state index in [2.05, 4.69) is 31.8 Å². The fraction of sp³-hybridized carbons (Fsp3) is 0.0357. The molecule has 2 amide bonds. The third kappa shape index (κ3) is 6.65. The lowest BCUT2D eigenvalue weighted by atomic mass is 10.1. The van der Waals surface area contributed by atoms with Gasteiger partial charge in [0.1, 0.15) is 12.4 Å². The minimum atomic E-state index is -0.438. The number of hydrogen-bond acceptors (Lipinski definition) is 4. The molecule has 35 heavy (non-hydrogen) atoms. The molecule has 4 aromatic rings. The molecule has 0 unspecified atom stereocenters. The Bertz CT molecular complexity index is 1340. The van der Waals surface area contributed by atoms with Crippen LogP contribution in [0.25, 0.3) is 0 Å². The number of hydrazone groups is 1. The number of amides is 2. The van der Waals surface area contributed by atoms with Crippen molar-refractivity contribution in [1.82, 2.24) is 5.43 Å². The van der Waals surface area contributed by atoms with E-state index in [0.29, 0.717) is 27.9 Å². The highest BCUT2D eigenvalue weighted by Crippen LogP contribution is 2.20. The molecule has 0 atom stereocenters. The molecule has 0 aliphatic rings. The van der Waals surface area contributed by atoms with E-state index >= 15 is 0 Å². The standard InChI is InChI=1S/C28H22BrN3O3/c29-25-12-6-4-10-23(25)27(33)31-26-13-7-5-11-24(26)28(34)32-30-18-20-14-16-22(17-15-20)35-19-21-8-2-1-3-9-21/h1-18H,19H2,(H,31,33)(H,32,34). The predicted molar refractivity (Wildman–Crippen MR) is 141 cm³/mol. The number of halogens is 1. The quantitative estimate of drug-likeness (QED) is 0.216. The van der Waals surface area contributed by atoms with Crippen LogP contribution in [0.3, 0.4) is 0 Å². The molecule has 0 heterocycles. The lowest BCUT2D eigenvalue weighted by molar-refractivity contribution is 0.0956. The number of carbonyl (C=O) groups excluding carboxylic acids is 2. The van der Waals surface area contributed by atoms with Gasteiger partial charge in [0.05, 0.1) is 23.0 Å². The molecular weight excluding hydrogens is 506 g/mol. The molecule has 0 radical (unpaired) electrons. The molecule has 2 N–H and O–H groups in total. The van der Waals surface area contributed by atoms with Gasteiger partial charge in [-0.25, -0.2) is 5.43 Å². The van der Waals surface area contributed by atoms with E-state index in [1.54, 1.807) is 48.7 Å². The Labute approximate surface area is 211 Å². The van der Waals surface area contributed by atoms with Gasteiger partial charge in [-0.3, -0.25) is 9.59 Å². The number of ether oxygens (including phenoxy) is 1. The lowest BCUT2D eigenvalue weighted by Gasteiger charge is -2.11. The summed E-state index contributed by atoms with van der Waals surface area (Å²) in [6.45, 7) is 0.488. The van der Waals surface area contributed by atoms with E-state index in [-0.39, 0.29) is 5.91 Å². The second kappa shape index (κ2) is 11.8. The van der Waals surface area contributed by atoms with Crippen molar-refractivity contribution in [3.63, 3.8) is 0 Å². The Kier molecular flexibility index (Phi) is 8.04. The smallest absolute Gasteiger partial charge is 0.273 e. The van der Waals surface area contributed by atoms with Crippen LogP contribution >= 0.6 is 15.9 Å². The van der Waals surface area contributed by atoms with E-state index in [0.717, 1.165) is 16.9 Å². The molecule has 0 bridgehead atoms. The van der Waals surface area contributed by atoms with Gasteiger partial charge in [-0.1, -0.05) is 54.6 Å². The van der Waals surface area contributed by atoms with Gasteiger partial charge in [0.25, 0.3) is 11.8 Å². The first-order chi connectivity index (χ1) is 17.1. The van der Waals surface area contributed by atoms with Gasteiger partial charge in [-0.05, 0) is 75.6 Å². The third-order valence-corrected chi connectivity index (χ3v) is 5.74. The zero-order chi connectivity index (χ0) is 24.5. The van der Waals surface area contributed by atoms with Crippen LogP contribution in [0.1, 0.15) is 31.8 Å². The number of para-hydroxylation sites is 1. The van der Waals surface area contributed by atoms with Gasteiger partial charge in [-0.15, -0.1) is 0 Å². The largest absolute Gasteiger partial charge is 0.489 e. The monoisotopic (exact) mass is 527 g/mol. The summed E-state index contributed by atoms with van der Waals surface area (Å²) in [6, 6.07) is 31.2. The van der Waals surface area contributed by atoms with Crippen molar-refractivity contribution in [2.45, 2.75) is 6.61 Å². The molecule has 0 fully saturated rings. The fourth-order valence-corrected chi connectivity index (χ4v) is 3.71. The fourth-order valence-electron chi connectivity index (χ4n) is 3.24. The first-order valence-corrected chi connectivity index (χ1v) is 11.6. The van der Waals surface area contributed by atoms with Crippen LogP contribution in [0.15, 0.2) is 113 Å². The zero-order valence-corrected chi connectivity index (χ0v) is 20.2. The Hall–Kier alpha value is -4.23. The zero-order valence-electron chi connectivity index (χ0n) is 18.6. The molecule has 0 saturated heterocycles. The van der Waals surface area contributed by atoms with Gasteiger partial charge >= 0.3 is 0 Å². The first-order valence-electron chi connectivity index (χ1n) is 10.9. The summed E-state index contributed by atoms with van der Waals surface area (Å²) in [5, 5.41) is 6.84. The number of carbonyl (C=O) groups is 2. The van der Waals surface area contributed by atoms with E-state index in [4.69, 9.17) is 4.74 Å². The minimum absolute atomic E-state index is 0.301. The Morgan fingerprint density at radius 1 is 0.771 bits per heavy atom. The van der Waals surface area contributed by atoms with Crippen LogP contribution in [0.2, 0.25) is 0 Å². The minimum Gasteiger partial charge on any atom is -0.489 e. The van der Waals surface area contributed by atoms with Crippen LogP contribution in [0, 0.1) is 0 Å². The topological polar surface area (TPSA) is 79.8 Å². The highest BCUT2D eigenvalue weighted by atomic mass is 79.9. The Balaban J connectivity index is 1.35. The summed E-state index contributed by atoms with van der Waals surface area (Å²) in [5.74, 6) is -0.0207. The maximum absolute atomic E-state index is 12.7. The predicted octanol–water partition coefficient (Wildman–Crippen LogP) is 6.04. The molecule has 0 spiro atoms. The second-order valence-electron chi connectivity index (χ2n) is 7.52. The number of rotatable bonds is 8. The molecule has 6 nitrogen and oxygen atoms in total. The van der Waals surface area contributed by atoms with Crippen LogP contribution in [0.5, 0.6) is 5.75 Å². The van der Waals surface area contributed by atoms with Crippen LogP contribution in [0.4, 0.5) is 5.69 Å². The van der Waals surface area contributed by atoms with E-state index < -0.39 is 5.91 Å². The van der Waals surface area contributed by atoms with Gasteiger partial charge in [-0.2, -0.15) is 5.10 Å². The van der Waals surface area contributed by atoms with Gasteiger partial charge in [0.2, 0.25) is 0 Å². The molecule has 0 saturated carbocycles. The van der Waals surface area contributed by atoms with E-state index in [1.807, 2.05) is 60.7 Å². The normalized spacial score (nSPS) is 10.7. The van der Waals surface area contributed by atoms with Gasteiger partial charge < -0.3 is 10.1 Å². The van der Waals surface area contributed by atoms with E-state index in [1.165, 1.54) is 0 Å². The first kappa shape index (κ1) is 23.9. The molecular formula is C28H22BrN3O3. The van der Waals surface area contributed by atoms with Crippen molar-refractivity contribution < 1.29 is 14.3 Å². The highest BCUT2D eigenvalue weighted by molar-refractivity contribution is 9.10. The lowest BCUT2D eigenvalue weighted by Crippen LogP contribution is -2.21. The van der Waals surface area contributed by atoms with Crippen LogP contribution in [-0.4, -0.2) is 18.0 Å². The third-order valence-electron chi connectivity index (χ3n) is 5.05. The average molecular weight is 528 g/mol. The summed E-state index contributed by atoms with van der Waals surface area (Å²) in [7, 11) is 0. The highest BCUT2D eigenvalue weighted by Gasteiger charge is 2.15. The summed E-state index contributed by atoms with van der Waals surface area (Å²) >= 11 is 3.37. The molecule has 0 aliphatic carbocycles. The molecule has 174 valence electrons. The molecule has 4 aromatic carbocycles. The van der Waals surface area contributed by atoms with Gasteiger partial charge in [0, 0.05) is 4.47 Å². The van der Waals surface area contributed by atoms with E-state index in [9.17, 15) is 9.59 Å². The summed E-state index contributed by atoms with van der Waals surface area (Å²) in [5.41, 5.74) is 5.56.